The zero-order chi connectivity index (χ0) is 23.3. The fourth-order valence-electron chi connectivity index (χ4n) is 4.63. The molecule has 0 aromatic heterocycles. The summed E-state index contributed by atoms with van der Waals surface area (Å²) < 4.78 is 26.0. The molecule has 0 amide bonds. The van der Waals surface area contributed by atoms with Crippen LogP contribution in [0.4, 0.5) is 4.39 Å². The van der Waals surface area contributed by atoms with Gasteiger partial charge >= 0.3 is 0 Å². The number of fused-ring (bicyclic) bond motifs is 1. The maximum absolute atomic E-state index is 13.4. The van der Waals surface area contributed by atoms with Crippen molar-refractivity contribution in [2.75, 3.05) is 13.1 Å². The second kappa shape index (κ2) is 10.2. The molecule has 4 nitrogen and oxygen atoms in total. The average Bonchev–Trinajstić information content (AvgIpc) is 2.87. The molecule has 5 rings (SSSR count). The van der Waals surface area contributed by atoms with Crippen molar-refractivity contribution in [1.82, 2.24) is 5.32 Å². The molecule has 0 saturated carbocycles. The third-order valence-corrected chi connectivity index (χ3v) is 6.45. The van der Waals surface area contributed by atoms with Crippen molar-refractivity contribution < 1.29 is 19.0 Å². The molecule has 2 N–H and O–H groups in total. The van der Waals surface area contributed by atoms with E-state index >= 15 is 0 Å². The van der Waals surface area contributed by atoms with Gasteiger partial charge in [-0.1, -0.05) is 54.6 Å². The number of piperidine rings is 1. The fourth-order valence-corrected chi connectivity index (χ4v) is 4.63. The Labute approximate surface area is 199 Å². The largest absolute Gasteiger partial charge is 0.508 e. The Morgan fingerprint density at radius 2 is 1.71 bits per heavy atom. The molecule has 5 heteroatoms. The summed E-state index contributed by atoms with van der Waals surface area (Å²) in [5, 5.41) is 15.6. The Bertz CT molecular complexity index is 1260. The van der Waals surface area contributed by atoms with Gasteiger partial charge in [-0.05, 0) is 59.8 Å². The summed E-state index contributed by atoms with van der Waals surface area (Å²) >= 11 is 0. The molecule has 1 heterocycles. The summed E-state index contributed by atoms with van der Waals surface area (Å²) in [5.74, 6) is 0.987. The van der Waals surface area contributed by atoms with Crippen LogP contribution in [0.3, 0.4) is 0 Å². The second-order valence-electron chi connectivity index (χ2n) is 8.73. The van der Waals surface area contributed by atoms with Crippen LogP contribution in [0.2, 0.25) is 0 Å². The number of ether oxygens (including phenoxy) is 2. The van der Waals surface area contributed by atoms with E-state index in [0.29, 0.717) is 6.61 Å². The molecule has 0 spiro atoms. The van der Waals surface area contributed by atoms with Gasteiger partial charge in [-0.15, -0.1) is 0 Å². The van der Waals surface area contributed by atoms with Crippen molar-refractivity contribution in [3.8, 4) is 11.5 Å². The van der Waals surface area contributed by atoms with Gasteiger partial charge in [-0.25, -0.2) is 4.39 Å². The smallest absolute Gasteiger partial charge is 0.127 e. The molecule has 2 atom stereocenters. The summed E-state index contributed by atoms with van der Waals surface area (Å²) in [4.78, 5) is 0. The van der Waals surface area contributed by atoms with Crippen LogP contribution in [0.25, 0.3) is 10.8 Å². The van der Waals surface area contributed by atoms with E-state index in [-0.39, 0.29) is 30.2 Å². The van der Waals surface area contributed by atoms with Gasteiger partial charge in [0.2, 0.25) is 0 Å². The number of para-hydroxylation sites is 1. The lowest BCUT2D eigenvalue weighted by molar-refractivity contribution is 0.0106. The Morgan fingerprint density at radius 3 is 2.56 bits per heavy atom. The predicted octanol–water partition coefficient (Wildman–Crippen LogP) is 5.93. The first-order valence-electron chi connectivity index (χ1n) is 11.7. The molecule has 1 fully saturated rings. The highest BCUT2D eigenvalue weighted by molar-refractivity contribution is 5.89. The monoisotopic (exact) mass is 457 g/mol. The van der Waals surface area contributed by atoms with Crippen molar-refractivity contribution in [2.45, 2.75) is 31.7 Å². The Hall–Kier alpha value is -3.41. The summed E-state index contributed by atoms with van der Waals surface area (Å²) in [5.41, 5.74) is 2.87. The zero-order valence-electron chi connectivity index (χ0n) is 18.9. The molecule has 0 radical (unpaired) electrons. The Balaban J connectivity index is 1.35. The third kappa shape index (κ3) is 5.06. The second-order valence-corrected chi connectivity index (χ2v) is 8.73. The van der Waals surface area contributed by atoms with Gasteiger partial charge in [-0.2, -0.15) is 0 Å². The number of benzene rings is 4. The van der Waals surface area contributed by atoms with E-state index in [2.05, 4.69) is 17.4 Å². The molecule has 4 aromatic rings. The van der Waals surface area contributed by atoms with E-state index in [4.69, 9.17) is 9.47 Å². The zero-order valence-corrected chi connectivity index (χ0v) is 18.9. The number of phenolic OH excluding ortho intramolecular Hbond substituents is 1. The number of hydrogen-bond donors (Lipinski definition) is 2. The Morgan fingerprint density at radius 1 is 0.912 bits per heavy atom. The highest BCUT2D eigenvalue weighted by Gasteiger charge is 2.27. The minimum atomic E-state index is -0.220. The Kier molecular flexibility index (Phi) is 6.74. The third-order valence-electron chi connectivity index (χ3n) is 6.45. The highest BCUT2D eigenvalue weighted by Crippen LogP contribution is 2.32. The first-order valence-corrected chi connectivity index (χ1v) is 11.7. The lowest BCUT2D eigenvalue weighted by Crippen LogP contribution is -2.40. The minimum Gasteiger partial charge on any atom is -0.508 e. The van der Waals surface area contributed by atoms with Crippen LogP contribution < -0.4 is 10.1 Å². The normalized spacial score (nSPS) is 18.1. The van der Waals surface area contributed by atoms with E-state index in [1.165, 1.54) is 12.1 Å². The van der Waals surface area contributed by atoms with E-state index in [1.807, 2.05) is 48.5 Å². The summed E-state index contributed by atoms with van der Waals surface area (Å²) in [7, 11) is 0. The molecule has 2 unspecified atom stereocenters. The van der Waals surface area contributed by atoms with Crippen molar-refractivity contribution in [3.05, 3.63) is 107 Å². The molecular formula is C29H28FNO3. The highest BCUT2D eigenvalue weighted by atomic mass is 19.1. The topological polar surface area (TPSA) is 50.7 Å². The maximum atomic E-state index is 13.4. The number of halogens is 1. The van der Waals surface area contributed by atoms with E-state index in [9.17, 15) is 9.50 Å². The molecule has 1 aliphatic rings. The SMILES string of the molecule is Oc1ccccc1COc1cc(COC2CNCCC2c2ccc(F)cc2)cc2ccccc12. The number of rotatable bonds is 7. The fraction of sp³-hybridized carbons (Fsp3) is 0.241. The number of nitrogens with one attached hydrogen (secondary N) is 1. The number of hydrogen-bond acceptors (Lipinski definition) is 4. The molecule has 34 heavy (non-hydrogen) atoms. The van der Waals surface area contributed by atoms with E-state index < -0.39 is 0 Å². The predicted molar refractivity (Wildman–Crippen MR) is 132 cm³/mol. The first kappa shape index (κ1) is 22.4. The van der Waals surface area contributed by atoms with E-state index in [1.54, 1.807) is 12.1 Å². The van der Waals surface area contributed by atoms with Crippen LogP contribution in [0, 0.1) is 5.82 Å². The molecule has 1 aliphatic heterocycles. The molecule has 0 bridgehead atoms. The standard InChI is InChI=1S/C29H28FNO3/c30-24-11-9-21(10-12-24)26-13-14-31-17-29(26)33-18-20-15-22-5-1-3-7-25(22)28(16-20)34-19-23-6-2-4-8-27(23)32/h1-12,15-16,26,29,31-32H,13-14,17-19H2. The van der Waals surface area contributed by atoms with Crippen molar-refractivity contribution >= 4 is 10.8 Å². The van der Waals surface area contributed by atoms with Gasteiger partial charge in [0.1, 0.15) is 23.9 Å². The van der Waals surface area contributed by atoms with Crippen LogP contribution >= 0.6 is 0 Å². The number of aromatic hydroxyl groups is 1. The summed E-state index contributed by atoms with van der Waals surface area (Å²) in [6, 6.07) is 26.2. The van der Waals surface area contributed by atoms with Gasteiger partial charge in [0.25, 0.3) is 0 Å². The van der Waals surface area contributed by atoms with Crippen molar-refractivity contribution in [1.29, 1.82) is 0 Å². The number of phenols is 1. The van der Waals surface area contributed by atoms with Gasteiger partial charge in [0.15, 0.2) is 0 Å². The first-order chi connectivity index (χ1) is 16.7. The maximum Gasteiger partial charge on any atom is 0.127 e. The van der Waals surface area contributed by atoms with Gasteiger partial charge < -0.3 is 19.9 Å². The molecular weight excluding hydrogens is 429 g/mol. The minimum absolute atomic E-state index is 0.00341. The van der Waals surface area contributed by atoms with Crippen LogP contribution in [0.15, 0.2) is 84.9 Å². The van der Waals surface area contributed by atoms with Gasteiger partial charge in [-0.3, -0.25) is 0 Å². The molecule has 4 aromatic carbocycles. The molecule has 174 valence electrons. The van der Waals surface area contributed by atoms with Crippen LogP contribution in [-0.2, 0) is 18.0 Å². The summed E-state index contributed by atoms with van der Waals surface area (Å²) in [6.45, 7) is 2.40. The molecule has 1 saturated heterocycles. The van der Waals surface area contributed by atoms with Crippen molar-refractivity contribution in [2.24, 2.45) is 0 Å². The lowest BCUT2D eigenvalue weighted by atomic mass is 9.88. The van der Waals surface area contributed by atoms with E-state index in [0.717, 1.165) is 52.7 Å². The van der Waals surface area contributed by atoms with Crippen LogP contribution in [0.1, 0.15) is 29.0 Å². The van der Waals surface area contributed by atoms with Crippen molar-refractivity contribution in [3.63, 3.8) is 0 Å². The van der Waals surface area contributed by atoms with Gasteiger partial charge in [0.05, 0.1) is 12.7 Å². The van der Waals surface area contributed by atoms with Gasteiger partial charge in [0, 0.05) is 23.4 Å². The molecule has 0 aliphatic carbocycles. The lowest BCUT2D eigenvalue weighted by Gasteiger charge is -2.32. The quantitative estimate of drug-likeness (QED) is 0.361. The van der Waals surface area contributed by atoms with Crippen LogP contribution in [-0.4, -0.2) is 24.3 Å². The average molecular weight is 458 g/mol. The van der Waals surface area contributed by atoms with Crippen LogP contribution in [0.5, 0.6) is 11.5 Å². The summed E-state index contributed by atoms with van der Waals surface area (Å²) in [6.07, 6.45) is 0.944.